The van der Waals surface area contributed by atoms with Crippen LogP contribution in [0.15, 0.2) is 60.0 Å². The fraction of sp³-hybridized carbons (Fsp3) is 0.419. The number of carbonyl (C=O) groups is 2. The minimum Gasteiger partial charge on any atom is -0.497 e. The van der Waals surface area contributed by atoms with Gasteiger partial charge in [0, 0.05) is 23.0 Å². The van der Waals surface area contributed by atoms with Crippen molar-refractivity contribution in [1.29, 1.82) is 0 Å². The molecule has 1 aliphatic carbocycles. The number of hydrogen-bond donors (Lipinski definition) is 0. The van der Waals surface area contributed by atoms with Crippen LogP contribution in [0.5, 0.6) is 5.75 Å². The molecule has 2 aliphatic rings. The molecule has 1 aliphatic heterocycles. The lowest BCUT2D eigenvalue weighted by Gasteiger charge is -2.37. The van der Waals surface area contributed by atoms with Gasteiger partial charge in [0.1, 0.15) is 12.3 Å². The summed E-state index contributed by atoms with van der Waals surface area (Å²) in [5.41, 5.74) is 4.19. The third-order valence-electron chi connectivity index (χ3n) is 7.54. The van der Waals surface area contributed by atoms with Gasteiger partial charge in [0.15, 0.2) is 0 Å². The number of aryl methyl sites for hydroxylation is 1. The average Bonchev–Trinajstić information content (AvgIpc) is 3.67. The number of fused-ring (bicyclic) bond motifs is 1. The molecule has 2 heterocycles. The number of methoxy groups -OCH3 is 1. The molecule has 0 bridgehead atoms. The molecule has 3 aromatic rings. The molecule has 1 aromatic heterocycles. The quantitative estimate of drug-likeness (QED) is 0.299. The van der Waals surface area contributed by atoms with E-state index >= 15 is 0 Å². The average molecular weight is 517 g/mol. The Kier molecular flexibility index (Phi) is 7.94. The number of unbranched alkanes of at least 4 members (excludes halogenated alkanes) is 2. The summed E-state index contributed by atoms with van der Waals surface area (Å²) in [5, 5.41) is 2.11. The summed E-state index contributed by atoms with van der Waals surface area (Å²) >= 11 is 1.76. The Morgan fingerprint density at radius 1 is 1.03 bits per heavy atom. The van der Waals surface area contributed by atoms with Gasteiger partial charge >= 0.3 is 0 Å². The van der Waals surface area contributed by atoms with Crippen molar-refractivity contribution >= 4 is 23.2 Å². The normalized spacial score (nSPS) is 16.8. The van der Waals surface area contributed by atoms with Crippen LogP contribution in [-0.2, 0) is 17.6 Å². The van der Waals surface area contributed by atoms with E-state index in [1.54, 1.807) is 18.4 Å². The summed E-state index contributed by atoms with van der Waals surface area (Å²) in [4.78, 5) is 32.5. The zero-order valence-corrected chi connectivity index (χ0v) is 22.6. The summed E-state index contributed by atoms with van der Waals surface area (Å²) in [6, 6.07) is 18.1. The maximum Gasteiger partial charge on any atom is 0.254 e. The van der Waals surface area contributed by atoms with Crippen LogP contribution >= 0.6 is 11.3 Å². The highest BCUT2D eigenvalue weighted by atomic mass is 32.1. The first kappa shape index (κ1) is 25.5. The van der Waals surface area contributed by atoms with Crippen LogP contribution < -0.4 is 4.74 Å². The van der Waals surface area contributed by atoms with Gasteiger partial charge in [-0.25, -0.2) is 0 Å². The predicted molar refractivity (Wildman–Crippen MR) is 148 cm³/mol. The third-order valence-corrected chi connectivity index (χ3v) is 8.54. The SMILES string of the molecule is CCCCCc1ccc(C(=O)N(CC(=O)N2CCc3sccc3C2c2ccc(OC)cc2)C2CC2)cc1. The first-order valence-electron chi connectivity index (χ1n) is 13.5. The Morgan fingerprint density at radius 3 is 2.46 bits per heavy atom. The Morgan fingerprint density at radius 2 is 1.78 bits per heavy atom. The first-order chi connectivity index (χ1) is 18.1. The smallest absolute Gasteiger partial charge is 0.254 e. The molecule has 0 radical (unpaired) electrons. The number of ether oxygens (including phenoxy) is 1. The second kappa shape index (κ2) is 11.5. The molecule has 5 rings (SSSR count). The number of rotatable bonds is 10. The van der Waals surface area contributed by atoms with Crippen LogP contribution in [0.3, 0.4) is 0 Å². The standard InChI is InChI=1S/C31H36N2O3S/c1-3-4-5-6-22-7-9-24(10-8-22)31(35)33(25-13-14-25)21-29(34)32-19-17-28-27(18-20-37-28)30(32)23-11-15-26(36-2)16-12-23/h7-12,15-16,18,20,25,30H,3-6,13-14,17,19,21H2,1-2H3. The van der Waals surface area contributed by atoms with Crippen LogP contribution in [-0.4, -0.2) is 47.9 Å². The lowest BCUT2D eigenvalue weighted by atomic mass is 9.93. The number of carbonyl (C=O) groups excluding carboxylic acids is 2. The summed E-state index contributed by atoms with van der Waals surface area (Å²) in [5.74, 6) is 0.768. The third kappa shape index (κ3) is 5.74. The number of hydrogen-bond acceptors (Lipinski definition) is 4. The van der Waals surface area contributed by atoms with Gasteiger partial charge in [0.25, 0.3) is 5.91 Å². The summed E-state index contributed by atoms with van der Waals surface area (Å²) in [6.45, 7) is 2.98. The largest absolute Gasteiger partial charge is 0.497 e. The maximum absolute atomic E-state index is 13.8. The maximum atomic E-state index is 13.8. The van der Waals surface area contributed by atoms with E-state index in [-0.39, 0.29) is 30.4 Å². The van der Waals surface area contributed by atoms with Crippen LogP contribution in [0.2, 0.25) is 0 Å². The highest BCUT2D eigenvalue weighted by molar-refractivity contribution is 7.10. The van der Waals surface area contributed by atoms with Crippen molar-refractivity contribution in [3.05, 3.63) is 87.1 Å². The van der Waals surface area contributed by atoms with Gasteiger partial charge in [0.2, 0.25) is 5.91 Å². The Balaban J connectivity index is 1.34. The molecule has 5 nitrogen and oxygen atoms in total. The van der Waals surface area contributed by atoms with Crippen molar-refractivity contribution in [3.8, 4) is 5.75 Å². The molecule has 2 aromatic carbocycles. The molecule has 37 heavy (non-hydrogen) atoms. The highest BCUT2D eigenvalue weighted by Crippen LogP contribution is 2.39. The minimum atomic E-state index is -0.146. The van der Waals surface area contributed by atoms with Crippen molar-refractivity contribution in [1.82, 2.24) is 9.80 Å². The van der Waals surface area contributed by atoms with Gasteiger partial charge in [-0.05, 0) is 84.5 Å². The monoisotopic (exact) mass is 516 g/mol. The van der Waals surface area contributed by atoms with E-state index in [4.69, 9.17) is 4.74 Å². The van der Waals surface area contributed by atoms with E-state index in [2.05, 4.69) is 30.5 Å². The number of amides is 2. The van der Waals surface area contributed by atoms with Gasteiger partial charge in [-0.15, -0.1) is 11.3 Å². The molecule has 1 atom stereocenters. The molecule has 1 fully saturated rings. The van der Waals surface area contributed by atoms with Crippen LogP contribution in [0.1, 0.15) is 77.0 Å². The van der Waals surface area contributed by atoms with E-state index < -0.39 is 0 Å². The Labute approximate surface area is 224 Å². The van der Waals surface area contributed by atoms with Gasteiger partial charge in [-0.1, -0.05) is 44.0 Å². The van der Waals surface area contributed by atoms with Crippen LogP contribution in [0.4, 0.5) is 0 Å². The topological polar surface area (TPSA) is 49.9 Å². The molecule has 2 amide bonds. The minimum absolute atomic E-state index is 0.00843. The highest BCUT2D eigenvalue weighted by Gasteiger charge is 2.38. The van der Waals surface area contributed by atoms with E-state index in [0.29, 0.717) is 12.1 Å². The summed E-state index contributed by atoms with van der Waals surface area (Å²) in [6.07, 6.45) is 7.41. The molecule has 194 valence electrons. The number of benzene rings is 2. The zero-order valence-electron chi connectivity index (χ0n) is 21.8. The fourth-order valence-electron chi connectivity index (χ4n) is 5.28. The van der Waals surface area contributed by atoms with Crippen molar-refractivity contribution < 1.29 is 14.3 Å². The van der Waals surface area contributed by atoms with Crippen molar-refractivity contribution in [2.75, 3.05) is 20.2 Å². The molecule has 1 unspecified atom stereocenters. The summed E-state index contributed by atoms with van der Waals surface area (Å²) < 4.78 is 5.35. The van der Waals surface area contributed by atoms with E-state index in [0.717, 1.165) is 37.0 Å². The first-order valence-corrected chi connectivity index (χ1v) is 14.4. The number of nitrogens with zero attached hydrogens (tertiary/aromatic N) is 2. The van der Waals surface area contributed by atoms with Crippen LogP contribution in [0, 0.1) is 0 Å². The van der Waals surface area contributed by atoms with E-state index in [1.807, 2.05) is 46.2 Å². The predicted octanol–water partition coefficient (Wildman–Crippen LogP) is 6.27. The lowest BCUT2D eigenvalue weighted by Crippen LogP contribution is -2.47. The fourth-order valence-corrected chi connectivity index (χ4v) is 6.18. The molecule has 6 heteroatoms. The second-order valence-corrected chi connectivity index (χ2v) is 11.1. The van der Waals surface area contributed by atoms with Gasteiger partial charge in [0.05, 0.1) is 13.2 Å². The van der Waals surface area contributed by atoms with Gasteiger partial charge < -0.3 is 14.5 Å². The summed E-state index contributed by atoms with van der Waals surface area (Å²) in [7, 11) is 1.66. The van der Waals surface area contributed by atoms with Gasteiger partial charge in [-0.3, -0.25) is 9.59 Å². The zero-order chi connectivity index (χ0) is 25.8. The van der Waals surface area contributed by atoms with Crippen molar-refractivity contribution in [3.63, 3.8) is 0 Å². The lowest BCUT2D eigenvalue weighted by molar-refractivity contribution is -0.134. The van der Waals surface area contributed by atoms with E-state index in [9.17, 15) is 9.59 Å². The van der Waals surface area contributed by atoms with Crippen molar-refractivity contribution in [2.24, 2.45) is 0 Å². The van der Waals surface area contributed by atoms with E-state index in [1.165, 1.54) is 35.3 Å². The van der Waals surface area contributed by atoms with Gasteiger partial charge in [-0.2, -0.15) is 0 Å². The van der Waals surface area contributed by atoms with Crippen molar-refractivity contribution in [2.45, 2.75) is 64.0 Å². The molecule has 0 saturated heterocycles. The Bertz CT molecular complexity index is 1210. The molecule has 0 N–H and O–H groups in total. The molecular formula is C31H36N2O3S. The molecular weight excluding hydrogens is 480 g/mol. The van der Waals surface area contributed by atoms with Crippen LogP contribution in [0.25, 0.3) is 0 Å². The second-order valence-electron chi connectivity index (χ2n) is 10.1. The molecule has 0 spiro atoms. The Hall–Kier alpha value is -3.12. The number of thiophene rings is 1. The molecule has 1 saturated carbocycles.